The molecule has 0 radical (unpaired) electrons. The van der Waals surface area contributed by atoms with Crippen LogP contribution in [0.25, 0.3) is 20.7 Å². The van der Waals surface area contributed by atoms with Gasteiger partial charge in [-0.15, -0.1) is 11.3 Å². The second kappa shape index (κ2) is 10.7. The third-order valence-corrected chi connectivity index (χ3v) is 8.13. The number of benzene rings is 1. The number of carbonyl (C=O) groups is 1. The standard InChI is InChI=1S/C25H31BrN6OS/c1-31-10-4-12-32(14-13-31)11-3-9-27-25-28-16-20(26)23(30-25)22-15-19-18(5-2-6-21(19)34-22)24(33)29-17-7-8-17/h2,5-6,15-17H,3-4,7-14H2,1H3,(H,29,33)(H,27,28,30). The number of rotatable bonds is 8. The maximum absolute atomic E-state index is 12.7. The SMILES string of the molecule is CN1CCCN(CCCNc2ncc(Br)c(-c3cc4c(C(=O)NC5CC5)cccc4s3)n2)CC1. The lowest BCUT2D eigenvalue weighted by atomic mass is 10.1. The highest BCUT2D eigenvalue weighted by Gasteiger charge is 2.25. The van der Waals surface area contributed by atoms with Crippen LogP contribution in [-0.4, -0.2) is 78.0 Å². The summed E-state index contributed by atoms with van der Waals surface area (Å²) in [6, 6.07) is 8.34. The van der Waals surface area contributed by atoms with Crippen LogP contribution >= 0.6 is 27.3 Å². The van der Waals surface area contributed by atoms with Gasteiger partial charge in [-0.2, -0.15) is 0 Å². The molecule has 3 aromatic rings. The minimum Gasteiger partial charge on any atom is -0.354 e. The Labute approximate surface area is 213 Å². The van der Waals surface area contributed by atoms with E-state index < -0.39 is 0 Å². The molecule has 0 bridgehead atoms. The van der Waals surface area contributed by atoms with Gasteiger partial charge >= 0.3 is 0 Å². The Bertz CT molecular complexity index is 1160. The van der Waals surface area contributed by atoms with Gasteiger partial charge in [0, 0.05) is 47.5 Å². The number of hydrogen-bond acceptors (Lipinski definition) is 7. The molecule has 2 aromatic heterocycles. The Balaban J connectivity index is 1.25. The van der Waals surface area contributed by atoms with E-state index in [0.29, 0.717) is 12.0 Å². The molecule has 5 rings (SSSR count). The van der Waals surface area contributed by atoms with Gasteiger partial charge < -0.3 is 20.4 Å². The van der Waals surface area contributed by atoms with Crippen LogP contribution in [-0.2, 0) is 0 Å². The predicted molar refractivity (Wildman–Crippen MR) is 143 cm³/mol. The molecule has 2 N–H and O–H groups in total. The predicted octanol–water partition coefficient (Wildman–Crippen LogP) is 4.45. The Morgan fingerprint density at radius 3 is 2.97 bits per heavy atom. The smallest absolute Gasteiger partial charge is 0.252 e. The molecule has 2 aliphatic rings. The summed E-state index contributed by atoms with van der Waals surface area (Å²) in [5.74, 6) is 0.649. The monoisotopic (exact) mass is 542 g/mol. The third-order valence-electron chi connectivity index (χ3n) is 6.44. The van der Waals surface area contributed by atoms with Gasteiger partial charge in [-0.3, -0.25) is 4.79 Å². The largest absolute Gasteiger partial charge is 0.354 e. The van der Waals surface area contributed by atoms with Crippen molar-refractivity contribution in [2.24, 2.45) is 0 Å². The Kier molecular flexibility index (Phi) is 7.43. The summed E-state index contributed by atoms with van der Waals surface area (Å²) in [6.07, 6.45) is 6.26. The number of amides is 1. The number of anilines is 1. The van der Waals surface area contributed by atoms with Crippen molar-refractivity contribution in [1.82, 2.24) is 25.1 Å². The van der Waals surface area contributed by atoms with Gasteiger partial charge in [0.05, 0.1) is 9.35 Å². The minimum absolute atomic E-state index is 0.0117. The van der Waals surface area contributed by atoms with Crippen molar-refractivity contribution in [2.75, 3.05) is 51.6 Å². The Morgan fingerprint density at radius 1 is 1.24 bits per heavy atom. The fraction of sp³-hybridized carbons (Fsp3) is 0.480. The summed E-state index contributed by atoms with van der Waals surface area (Å²) >= 11 is 5.27. The minimum atomic E-state index is 0.0117. The first-order chi connectivity index (χ1) is 16.6. The van der Waals surface area contributed by atoms with Crippen LogP contribution in [0.15, 0.2) is 34.9 Å². The second-order valence-corrected chi connectivity index (χ2v) is 11.2. The topological polar surface area (TPSA) is 73.4 Å². The Hall–Kier alpha value is -2.07. The summed E-state index contributed by atoms with van der Waals surface area (Å²) in [4.78, 5) is 28.0. The van der Waals surface area contributed by atoms with Crippen LogP contribution < -0.4 is 10.6 Å². The van der Waals surface area contributed by atoms with Crippen molar-refractivity contribution in [2.45, 2.75) is 31.7 Å². The average Bonchev–Trinajstić information content (AvgIpc) is 3.58. The number of nitrogens with zero attached hydrogens (tertiary/aromatic N) is 4. The molecule has 2 fully saturated rings. The molecule has 3 heterocycles. The van der Waals surface area contributed by atoms with Crippen LogP contribution in [0, 0.1) is 0 Å². The summed E-state index contributed by atoms with van der Waals surface area (Å²) in [5.41, 5.74) is 1.58. The zero-order valence-electron chi connectivity index (χ0n) is 19.5. The van der Waals surface area contributed by atoms with Crippen LogP contribution in [0.3, 0.4) is 0 Å². The molecule has 1 aliphatic heterocycles. The van der Waals surface area contributed by atoms with E-state index in [0.717, 1.165) is 76.1 Å². The van der Waals surface area contributed by atoms with Gasteiger partial charge in [-0.25, -0.2) is 9.97 Å². The lowest BCUT2D eigenvalue weighted by Crippen LogP contribution is -2.30. The third kappa shape index (κ3) is 5.76. The number of fused-ring (bicyclic) bond motifs is 1. The summed E-state index contributed by atoms with van der Waals surface area (Å²) in [6.45, 7) is 6.58. The normalized spacial score (nSPS) is 17.6. The number of aromatic nitrogens is 2. The zero-order chi connectivity index (χ0) is 23.5. The highest BCUT2D eigenvalue weighted by Crippen LogP contribution is 2.37. The van der Waals surface area contributed by atoms with Crippen molar-refractivity contribution < 1.29 is 4.79 Å². The van der Waals surface area contributed by atoms with Gasteiger partial charge in [0.15, 0.2) is 0 Å². The number of carbonyl (C=O) groups excluding carboxylic acids is 1. The fourth-order valence-electron chi connectivity index (χ4n) is 4.32. The highest BCUT2D eigenvalue weighted by molar-refractivity contribution is 9.10. The summed E-state index contributed by atoms with van der Waals surface area (Å²) in [7, 11) is 2.20. The van der Waals surface area contributed by atoms with Gasteiger partial charge in [0.25, 0.3) is 5.91 Å². The van der Waals surface area contributed by atoms with E-state index in [2.05, 4.69) is 60.5 Å². The lowest BCUT2D eigenvalue weighted by molar-refractivity contribution is 0.0953. The number of halogens is 1. The number of nitrogens with one attached hydrogen (secondary N) is 2. The molecule has 1 aromatic carbocycles. The Morgan fingerprint density at radius 2 is 2.12 bits per heavy atom. The van der Waals surface area contributed by atoms with Crippen LogP contribution in [0.5, 0.6) is 0 Å². The van der Waals surface area contributed by atoms with E-state index in [1.54, 1.807) is 17.5 Å². The van der Waals surface area contributed by atoms with E-state index in [1.165, 1.54) is 19.5 Å². The van der Waals surface area contributed by atoms with Crippen molar-refractivity contribution in [1.29, 1.82) is 0 Å². The average molecular weight is 544 g/mol. The first-order valence-corrected chi connectivity index (χ1v) is 13.7. The zero-order valence-corrected chi connectivity index (χ0v) is 21.9. The first kappa shape index (κ1) is 23.7. The molecular weight excluding hydrogens is 512 g/mol. The van der Waals surface area contributed by atoms with E-state index in [1.807, 2.05) is 12.1 Å². The van der Waals surface area contributed by atoms with Crippen molar-refractivity contribution in [3.63, 3.8) is 0 Å². The van der Waals surface area contributed by atoms with Crippen LogP contribution in [0.4, 0.5) is 5.95 Å². The van der Waals surface area contributed by atoms with Gasteiger partial charge in [0.1, 0.15) is 5.69 Å². The van der Waals surface area contributed by atoms with Crippen molar-refractivity contribution in [3.05, 3.63) is 40.5 Å². The molecule has 0 unspecified atom stereocenters. The number of hydrogen-bond donors (Lipinski definition) is 2. The summed E-state index contributed by atoms with van der Waals surface area (Å²) in [5, 5.41) is 7.48. The molecule has 9 heteroatoms. The molecule has 1 amide bonds. The highest BCUT2D eigenvalue weighted by atomic mass is 79.9. The van der Waals surface area contributed by atoms with Crippen LogP contribution in [0.2, 0.25) is 0 Å². The van der Waals surface area contributed by atoms with E-state index in [4.69, 9.17) is 4.98 Å². The first-order valence-electron chi connectivity index (χ1n) is 12.1. The van der Waals surface area contributed by atoms with Gasteiger partial charge in [0.2, 0.25) is 5.95 Å². The second-order valence-electron chi connectivity index (χ2n) is 9.24. The molecule has 180 valence electrons. The molecule has 0 atom stereocenters. The quantitative estimate of drug-likeness (QED) is 0.409. The van der Waals surface area contributed by atoms with E-state index >= 15 is 0 Å². The summed E-state index contributed by atoms with van der Waals surface area (Å²) < 4.78 is 1.93. The van der Waals surface area contributed by atoms with Crippen molar-refractivity contribution in [3.8, 4) is 10.6 Å². The molecule has 1 saturated heterocycles. The van der Waals surface area contributed by atoms with Gasteiger partial charge in [-0.1, -0.05) is 6.07 Å². The molecule has 1 saturated carbocycles. The van der Waals surface area contributed by atoms with E-state index in [9.17, 15) is 4.79 Å². The number of thiophene rings is 1. The maximum Gasteiger partial charge on any atom is 0.252 e. The number of likely N-dealkylation sites (N-methyl/N-ethyl adjacent to an activating group) is 1. The van der Waals surface area contributed by atoms with Crippen molar-refractivity contribution >= 4 is 49.2 Å². The van der Waals surface area contributed by atoms with Gasteiger partial charge in [-0.05, 0) is 86.5 Å². The maximum atomic E-state index is 12.7. The van der Waals surface area contributed by atoms with Crippen LogP contribution in [0.1, 0.15) is 36.0 Å². The molecule has 34 heavy (non-hydrogen) atoms. The molecule has 1 aliphatic carbocycles. The fourth-order valence-corrected chi connectivity index (χ4v) is 5.95. The molecule has 7 nitrogen and oxygen atoms in total. The molecular formula is C25H31BrN6OS. The lowest BCUT2D eigenvalue weighted by Gasteiger charge is -2.19. The molecule has 0 spiro atoms. The van der Waals surface area contributed by atoms with E-state index in [-0.39, 0.29) is 5.91 Å².